The quantitative estimate of drug-likeness (QED) is 0.644. The molecule has 0 amide bonds. The average Bonchev–Trinajstić information content (AvgIpc) is 2.31. The van der Waals surface area contributed by atoms with Crippen LogP contribution in [-0.4, -0.2) is 23.7 Å². The Morgan fingerprint density at radius 1 is 1.33 bits per heavy atom. The lowest BCUT2D eigenvalue weighted by molar-refractivity contribution is -0.140. The van der Waals surface area contributed by atoms with Crippen LogP contribution in [0, 0.1) is 11.8 Å². The van der Waals surface area contributed by atoms with Crippen LogP contribution in [0.3, 0.4) is 0 Å². The predicted octanol–water partition coefficient (Wildman–Crippen LogP) is 0.849. The van der Waals surface area contributed by atoms with Gasteiger partial charge in [0.05, 0.1) is 0 Å². The van der Waals surface area contributed by atoms with Gasteiger partial charge >= 0.3 is 5.97 Å². The van der Waals surface area contributed by atoms with Gasteiger partial charge in [0.1, 0.15) is 6.04 Å². The van der Waals surface area contributed by atoms with Gasteiger partial charge in [0.25, 0.3) is 0 Å². The van der Waals surface area contributed by atoms with Gasteiger partial charge in [0.2, 0.25) is 0 Å². The van der Waals surface area contributed by atoms with Crippen LogP contribution in [0.5, 0.6) is 0 Å². The fourth-order valence-electron chi connectivity index (χ4n) is 2.37. The van der Waals surface area contributed by atoms with Gasteiger partial charge in [-0.3, -0.25) is 4.79 Å². The van der Waals surface area contributed by atoms with E-state index in [-0.39, 0.29) is 6.04 Å². The van der Waals surface area contributed by atoms with E-state index in [2.05, 4.69) is 5.32 Å². The normalized spacial score (nSPS) is 36.3. The zero-order valence-electron chi connectivity index (χ0n) is 7.12. The minimum absolute atomic E-state index is 0.254. The van der Waals surface area contributed by atoms with Gasteiger partial charge in [-0.1, -0.05) is 19.3 Å². The van der Waals surface area contributed by atoms with E-state index in [1.807, 2.05) is 0 Å². The third-order valence-corrected chi connectivity index (χ3v) is 3.29. The summed E-state index contributed by atoms with van der Waals surface area (Å²) in [6, 6.07) is -0.254. The summed E-state index contributed by atoms with van der Waals surface area (Å²) < 4.78 is 0. The molecule has 0 aromatic rings. The maximum atomic E-state index is 10.8. The summed E-state index contributed by atoms with van der Waals surface area (Å²) >= 11 is 0. The maximum Gasteiger partial charge on any atom is 0.320 e. The van der Waals surface area contributed by atoms with E-state index in [0.717, 1.165) is 13.0 Å². The molecule has 12 heavy (non-hydrogen) atoms. The Kier molecular flexibility index (Phi) is 2.05. The summed E-state index contributed by atoms with van der Waals surface area (Å²) in [7, 11) is 0. The highest BCUT2D eigenvalue weighted by molar-refractivity contribution is 5.74. The maximum absolute atomic E-state index is 10.8. The smallest absolute Gasteiger partial charge is 0.320 e. The van der Waals surface area contributed by atoms with Gasteiger partial charge in [0, 0.05) is 0 Å². The molecule has 2 fully saturated rings. The lowest BCUT2D eigenvalue weighted by Gasteiger charge is -2.33. The molecule has 0 radical (unpaired) electrons. The number of carbonyl (C=O) groups is 1. The molecule has 2 N–H and O–H groups in total. The lowest BCUT2D eigenvalue weighted by atomic mass is 9.73. The first-order valence-electron chi connectivity index (χ1n) is 4.75. The van der Waals surface area contributed by atoms with E-state index in [1.54, 1.807) is 0 Å². The van der Waals surface area contributed by atoms with E-state index in [4.69, 9.17) is 5.11 Å². The molecule has 3 heteroatoms. The van der Waals surface area contributed by atoms with Crippen molar-refractivity contribution in [2.75, 3.05) is 6.54 Å². The monoisotopic (exact) mass is 169 g/mol. The highest BCUT2D eigenvalue weighted by atomic mass is 16.4. The molecule has 2 unspecified atom stereocenters. The molecular weight excluding hydrogens is 154 g/mol. The second-order valence-corrected chi connectivity index (χ2v) is 3.91. The number of carboxylic acid groups (broad SMARTS) is 1. The van der Waals surface area contributed by atoms with Crippen LogP contribution in [0.1, 0.15) is 25.7 Å². The fraction of sp³-hybridized carbons (Fsp3) is 0.889. The second kappa shape index (κ2) is 3.05. The Hall–Kier alpha value is -0.570. The Balaban J connectivity index is 1.98. The number of nitrogens with one attached hydrogen (secondary N) is 1. The molecule has 1 heterocycles. The number of aliphatic carboxylic acids is 1. The van der Waals surface area contributed by atoms with Gasteiger partial charge in [-0.15, -0.1) is 0 Å². The molecular formula is C9H15NO2. The summed E-state index contributed by atoms with van der Waals surface area (Å²) in [6.07, 6.45) is 4.85. The largest absolute Gasteiger partial charge is 0.480 e. The molecule has 0 aromatic carbocycles. The number of rotatable bonds is 2. The summed E-state index contributed by atoms with van der Waals surface area (Å²) in [5.41, 5.74) is 0. The van der Waals surface area contributed by atoms with Crippen LogP contribution < -0.4 is 5.32 Å². The number of hydrogen-bond donors (Lipinski definition) is 2. The van der Waals surface area contributed by atoms with Gasteiger partial charge < -0.3 is 10.4 Å². The third kappa shape index (κ3) is 1.22. The molecule has 3 nitrogen and oxygen atoms in total. The zero-order valence-corrected chi connectivity index (χ0v) is 7.12. The van der Waals surface area contributed by atoms with Gasteiger partial charge in [-0.05, 0) is 24.8 Å². The first-order chi connectivity index (χ1) is 5.79. The van der Waals surface area contributed by atoms with Crippen molar-refractivity contribution in [1.29, 1.82) is 0 Å². The highest BCUT2D eigenvalue weighted by Crippen LogP contribution is 2.38. The molecule has 1 saturated heterocycles. The molecule has 1 saturated carbocycles. The summed E-state index contributed by atoms with van der Waals surface area (Å²) in [4.78, 5) is 10.8. The molecule has 2 atom stereocenters. The van der Waals surface area contributed by atoms with Crippen molar-refractivity contribution in [3.8, 4) is 0 Å². The van der Waals surface area contributed by atoms with Crippen LogP contribution in [0.15, 0.2) is 0 Å². The first-order valence-corrected chi connectivity index (χ1v) is 4.75. The molecule has 0 bridgehead atoms. The highest BCUT2D eigenvalue weighted by Gasteiger charge is 2.39. The van der Waals surface area contributed by atoms with Crippen molar-refractivity contribution in [1.82, 2.24) is 5.32 Å². The second-order valence-electron chi connectivity index (χ2n) is 3.91. The number of carboxylic acids is 1. The van der Waals surface area contributed by atoms with Crippen molar-refractivity contribution in [3.05, 3.63) is 0 Å². The van der Waals surface area contributed by atoms with Crippen LogP contribution >= 0.6 is 0 Å². The minimum Gasteiger partial charge on any atom is -0.480 e. The van der Waals surface area contributed by atoms with Crippen LogP contribution in [-0.2, 0) is 4.79 Å². The van der Waals surface area contributed by atoms with E-state index in [9.17, 15) is 4.79 Å². The Morgan fingerprint density at radius 3 is 2.58 bits per heavy atom. The van der Waals surface area contributed by atoms with Gasteiger partial charge in [-0.2, -0.15) is 0 Å². The van der Waals surface area contributed by atoms with E-state index in [0.29, 0.717) is 11.8 Å². The van der Waals surface area contributed by atoms with Crippen molar-refractivity contribution >= 4 is 5.97 Å². The standard InChI is InChI=1S/C9H15NO2/c11-9(12)8-7(4-5-10-8)6-2-1-3-6/h6-8,10H,1-5H2,(H,11,12). The van der Waals surface area contributed by atoms with Crippen molar-refractivity contribution in [2.24, 2.45) is 11.8 Å². The first kappa shape index (κ1) is 8.05. The third-order valence-electron chi connectivity index (χ3n) is 3.29. The van der Waals surface area contributed by atoms with Crippen molar-refractivity contribution in [3.63, 3.8) is 0 Å². The van der Waals surface area contributed by atoms with Crippen LogP contribution in [0.2, 0.25) is 0 Å². The Labute approximate surface area is 72.2 Å². The van der Waals surface area contributed by atoms with Crippen molar-refractivity contribution < 1.29 is 9.90 Å². The number of hydrogen-bond acceptors (Lipinski definition) is 2. The summed E-state index contributed by atoms with van der Waals surface area (Å²) in [5.74, 6) is 0.446. The fourth-order valence-corrected chi connectivity index (χ4v) is 2.37. The summed E-state index contributed by atoms with van der Waals surface area (Å²) in [6.45, 7) is 0.887. The summed E-state index contributed by atoms with van der Waals surface area (Å²) in [5, 5.41) is 11.9. The lowest BCUT2D eigenvalue weighted by Crippen LogP contribution is -2.40. The molecule has 2 rings (SSSR count). The molecule has 0 spiro atoms. The molecule has 68 valence electrons. The van der Waals surface area contributed by atoms with Crippen LogP contribution in [0.25, 0.3) is 0 Å². The minimum atomic E-state index is -0.663. The zero-order chi connectivity index (χ0) is 8.55. The van der Waals surface area contributed by atoms with Crippen LogP contribution in [0.4, 0.5) is 0 Å². The van der Waals surface area contributed by atoms with Gasteiger partial charge in [0.15, 0.2) is 0 Å². The molecule has 0 aromatic heterocycles. The molecule has 1 aliphatic carbocycles. The van der Waals surface area contributed by atoms with E-state index < -0.39 is 5.97 Å². The topological polar surface area (TPSA) is 49.3 Å². The Morgan fingerprint density at radius 2 is 2.08 bits per heavy atom. The SMILES string of the molecule is O=C(O)C1NCCC1C1CCC1. The molecule has 2 aliphatic rings. The predicted molar refractivity (Wildman–Crippen MR) is 44.9 cm³/mol. The molecule has 1 aliphatic heterocycles. The van der Waals surface area contributed by atoms with E-state index >= 15 is 0 Å². The van der Waals surface area contributed by atoms with Gasteiger partial charge in [-0.25, -0.2) is 0 Å². The van der Waals surface area contributed by atoms with Crippen molar-refractivity contribution in [2.45, 2.75) is 31.7 Å². The Bertz CT molecular complexity index is 189. The average molecular weight is 169 g/mol. The van der Waals surface area contributed by atoms with E-state index in [1.165, 1.54) is 19.3 Å².